The van der Waals surface area contributed by atoms with Gasteiger partial charge in [-0.2, -0.15) is 9.29 Å². The maximum absolute atomic E-state index is 13.0. The molecular formula is C25H27Cl2N5O4S3. The summed E-state index contributed by atoms with van der Waals surface area (Å²) in [4.78, 5) is 12.5. The van der Waals surface area contributed by atoms with E-state index in [0.29, 0.717) is 34.9 Å². The van der Waals surface area contributed by atoms with E-state index in [1.54, 1.807) is 34.8 Å². The van der Waals surface area contributed by atoms with Crippen LogP contribution in [0.1, 0.15) is 32.1 Å². The van der Waals surface area contributed by atoms with Crippen LogP contribution in [-0.2, 0) is 20.0 Å². The molecule has 1 aliphatic heterocycles. The number of anilines is 2. The number of hydrogen-bond acceptors (Lipinski definition) is 8. The van der Waals surface area contributed by atoms with Crippen molar-refractivity contribution in [2.45, 2.75) is 57.7 Å². The summed E-state index contributed by atoms with van der Waals surface area (Å²) in [5.74, 6) is 0.484. The number of aromatic nitrogens is 2. The van der Waals surface area contributed by atoms with Crippen LogP contribution in [0.3, 0.4) is 0 Å². The van der Waals surface area contributed by atoms with E-state index in [2.05, 4.69) is 14.7 Å². The topological polar surface area (TPSA) is 113 Å². The molecule has 0 radical (unpaired) electrons. The fraction of sp³-hybridized carbons (Fsp3) is 0.360. The molecule has 0 spiro atoms. The average Bonchev–Trinajstić information content (AvgIpc) is 3.75. The molecule has 1 saturated carbocycles. The Hall–Kier alpha value is -2.09. The van der Waals surface area contributed by atoms with E-state index in [-0.39, 0.29) is 20.8 Å². The first-order chi connectivity index (χ1) is 18.5. The molecule has 1 aromatic heterocycles. The van der Waals surface area contributed by atoms with Crippen LogP contribution in [0.25, 0.3) is 0 Å². The number of piperidine rings is 1. The number of benzene rings is 2. The molecule has 2 aliphatic rings. The van der Waals surface area contributed by atoms with Crippen molar-refractivity contribution in [3.63, 3.8) is 0 Å². The number of nitrogens with zero attached hydrogens (tertiary/aromatic N) is 4. The number of nitrogens with one attached hydrogen (secondary N) is 1. The Bertz CT molecular complexity index is 1580. The molecule has 3 aromatic rings. The molecule has 2 fully saturated rings. The minimum absolute atomic E-state index is 0.0109. The summed E-state index contributed by atoms with van der Waals surface area (Å²) in [6.07, 6.45) is 6.39. The standard InChI is InChI=1S/C25H27Cl2N5O4S3/c1-31(18-6-7-18)24-22(16-28-25(29-24)30-38(33,34)23-12-5-17(26)15-21(23)27)37-19-8-10-20(11-9-19)39(35,36)32-13-3-2-4-14-32/h5,8-12,15-16,18H,2-4,6-7,13-14H2,1H3,(H,28,29,30). The van der Waals surface area contributed by atoms with Gasteiger partial charge in [0.1, 0.15) is 10.7 Å². The predicted octanol–water partition coefficient (Wildman–Crippen LogP) is 5.51. The minimum atomic E-state index is -4.06. The highest BCUT2D eigenvalue weighted by Gasteiger charge is 2.30. The smallest absolute Gasteiger partial charge is 0.265 e. The Morgan fingerprint density at radius 2 is 1.69 bits per heavy atom. The Morgan fingerprint density at radius 3 is 2.33 bits per heavy atom. The van der Waals surface area contributed by atoms with Crippen molar-refractivity contribution in [3.05, 3.63) is 58.7 Å². The summed E-state index contributed by atoms with van der Waals surface area (Å²) >= 11 is 13.4. The number of hydrogen-bond donors (Lipinski definition) is 1. The maximum atomic E-state index is 13.0. The SMILES string of the molecule is CN(c1nc(NS(=O)(=O)c2ccc(Cl)cc2Cl)ncc1Sc1ccc(S(=O)(=O)N2CCCCC2)cc1)C1CC1. The van der Waals surface area contributed by atoms with Crippen molar-refractivity contribution >= 4 is 66.8 Å². The second-order valence-corrected chi connectivity index (χ2v) is 15.0. The molecule has 2 heterocycles. The molecule has 0 amide bonds. The summed E-state index contributed by atoms with van der Waals surface area (Å²) in [5.41, 5.74) is 0. The lowest BCUT2D eigenvalue weighted by molar-refractivity contribution is 0.346. The third-order valence-corrected chi connectivity index (χ3v) is 11.6. The minimum Gasteiger partial charge on any atom is -0.356 e. The van der Waals surface area contributed by atoms with Crippen molar-refractivity contribution in [1.29, 1.82) is 0 Å². The normalized spacial score (nSPS) is 16.7. The average molecular weight is 629 g/mol. The van der Waals surface area contributed by atoms with Crippen molar-refractivity contribution in [2.75, 3.05) is 29.8 Å². The van der Waals surface area contributed by atoms with Crippen molar-refractivity contribution in [3.8, 4) is 0 Å². The predicted molar refractivity (Wildman–Crippen MR) is 154 cm³/mol. The van der Waals surface area contributed by atoms with Gasteiger partial charge >= 0.3 is 0 Å². The van der Waals surface area contributed by atoms with Crippen molar-refractivity contribution < 1.29 is 16.8 Å². The molecule has 0 unspecified atom stereocenters. The highest BCUT2D eigenvalue weighted by Crippen LogP contribution is 2.39. The molecule has 1 saturated heterocycles. The Balaban J connectivity index is 1.39. The molecule has 0 atom stereocenters. The van der Waals surface area contributed by atoms with Crippen LogP contribution in [0.4, 0.5) is 11.8 Å². The molecule has 208 valence electrons. The van der Waals surface area contributed by atoms with E-state index in [4.69, 9.17) is 23.2 Å². The van der Waals surface area contributed by atoms with Gasteiger partial charge in [0, 0.05) is 42.3 Å². The molecule has 39 heavy (non-hydrogen) atoms. The molecule has 5 rings (SSSR count). The lowest BCUT2D eigenvalue weighted by Gasteiger charge is -2.25. The number of sulfonamides is 2. The van der Waals surface area contributed by atoms with Crippen molar-refractivity contribution in [1.82, 2.24) is 14.3 Å². The summed E-state index contributed by atoms with van der Waals surface area (Å²) in [6, 6.07) is 11.2. The second-order valence-electron chi connectivity index (χ2n) is 9.44. The van der Waals surface area contributed by atoms with E-state index < -0.39 is 20.0 Å². The molecule has 9 nitrogen and oxygen atoms in total. The van der Waals surface area contributed by atoms with Crippen LogP contribution in [0.2, 0.25) is 10.0 Å². The van der Waals surface area contributed by atoms with Crippen LogP contribution in [0.15, 0.2) is 68.2 Å². The lowest BCUT2D eigenvalue weighted by atomic mass is 10.2. The number of rotatable bonds is 9. The monoisotopic (exact) mass is 627 g/mol. The molecule has 14 heteroatoms. The molecule has 0 bridgehead atoms. The van der Waals surface area contributed by atoms with Gasteiger partial charge in [0.15, 0.2) is 0 Å². The number of halogens is 2. The van der Waals surface area contributed by atoms with E-state index in [9.17, 15) is 16.8 Å². The van der Waals surface area contributed by atoms with E-state index in [1.807, 2.05) is 11.9 Å². The van der Waals surface area contributed by atoms with Gasteiger partial charge in [0.25, 0.3) is 10.0 Å². The van der Waals surface area contributed by atoms with Crippen LogP contribution in [0, 0.1) is 0 Å². The zero-order chi connectivity index (χ0) is 27.8. The van der Waals surface area contributed by atoms with Gasteiger partial charge in [0.2, 0.25) is 16.0 Å². The van der Waals surface area contributed by atoms with E-state index in [0.717, 1.165) is 37.0 Å². The van der Waals surface area contributed by atoms with Gasteiger partial charge in [-0.3, -0.25) is 0 Å². The fourth-order valence-corrected chi connectivity index (χ4v) is 8.45. The Morgan fingerprint density at radius 1 is 1.00 bits per heavy atom. The van der Waals surface area contributed by atoms with Crippen LogP contribution in [-0.4, -0.2) is 57.3 Å². The van der Waals surface area contributed by atoms with E-state index in [1.165, 1.54) is 30.0 Å². The Labute approximate surface area is 243 Å². The lowest BCUT2D eigenvalue weighted by Crippen LogP contribution is -2.35. The maximum Gasteiger partial charge on any atom is 0.265 e. The van der Waals surface area contributed by atoms with Gasteiger partial charge in [-0.15, -0.1) is 0 Å². The molecule has 1 aliphatic carbocycles. The largest absolute Gasteiger partial charge is 0.356 e. The Kier molecular flexibility index (Phi) is 8.33. The van der Waals surface area contributed by atoms with Gasteiger partial charge in [-0.25, -0.2) is 26.5 Å². The first-order valence-electron chi connectivity index (χ1n) is 12.4. The van der Waals surface area contributed by atoms with Crippen LogP contribution in [0.5, 0.6) is 0 Å². The molecule has 1 N–H and O–H groups in total. The van der Waals surface area contributed by atoms with Crippen LogP contribution >= 0.6 is 35.0 Å². The van der Waals surface area contributed by atoms with Gasteiger partial charge in [-0.05, 0) is 68.1 Å². The highest BCUT2D eigenvalue weighted by atomic mass is 35.5. The first-order valence-corrected chi connectivity index (χ1v) is 16.9. The van der Waals surface area contributed by atoms with Crippen molar-refractivity contribution in [2.24, 2.45) is 0 Å². The second kappa shape index (κ2) is 11.4. The summed E-state index contributed by atoms with van der Waals surface area (Å²) in [5, 5.41) is 0.310. The van der Waals surface area contributed by atoms with Gasteiger partial charge in [0.05, 0.1) is 14.8 Å². The first kappa shape index (κ1) is 28.4. The summed E-state index contributed by atoms with van der Waals surface area (Å²) in [6.45, 7) is 1.10. The van der Waals surface area contributed by atoms with Crippen LogP contribution < -0.4 is 9.62 Å². The quantitative estimate of drug-likeness (QED) is 0.330. The third-order valence-electron chi connectivity index (χ3n) is 6.58. The highest BCUT2D eigenvalue weighted by molar-refractivity contribution is 7.99. The zero-order valence-electron chi connectivity index (χ0n) is 21.0. The summed E-state index contributed by atoms with van der Waals surface area (Å²) < 4.78 is 55.9. The summed E-state index contributed by atoms with van der Waals surface area (Å²) in [7, 11) is -5.67. The fourth-order valence-electron chi connectivity index (χ4n) is 4.30. The van der Waals surface area contributed by atoms with E-state index >= 15 is 0 Å². The molecule has 2 aromatic carbocycles. The molecular weight excluding hydrogens is 601 g/mol. The van der Waals surface area contributed by atoms with Gasteiger partial charge in [-0.1, -0.05) is 41.4 Å². The zero-order valence-corrected chi connectivity index (χ0v) is 25.0. The third kappa shape index (κ3) is 6.47. The van der Waals surface area contributed by atoms with Gasteiger partial charge < -0.3 is 4.90 Å².